The van der Waals surface area contributed by atoms with Gasteiger partial charge in [0, 0.05) is 52.2 Å². The minimum Gasteiger partial charge on any atom is -0.355 e. The number of aryl methyl sites for hydroxylation is 1. The van der Waals surface area contributed by atoms with Gasteiger partial charge < -0.3 is 14.5 Å². The number of rotatable bonds is 8. The van der Waals surface area contributed by atoms with Crippen LogP contribution >= 0.6 is 0 Å². The molecule has 7 rings (SSSR count). The highest BCUT2D eigenvalue weighted by Gasteiger charge is 2.23. The number of anilines is 2. The monoisotopic (exact) mass is 556 g/mol. The molecule has 0 bridgehead atoms. The molecule has 0 aliphatic heterocycles. The van der Waals surface area contributed by atoms with E-state index in [0.29, 0.717) is 0 Å². The smallest absolute Gasteiger partial charge is 0.0800 e. The van der Waals surface area contributed by atoms with Gasteiger partial charge in [-0.2, -0.15) is 0 Å². The lowest BCUT2D eigenvalue weighted by Crippen LogP contribution is -2.02. The number of pyridine rings is 1. The molecule has 208 valence electrons. The van der Waals surface area contributed by atoms with Crippen LogP contribution in [-0.2, 0) is 13.5 Å². The van der Waals surface area contributed by atoms with E-state index >= 15 is 0 Å². The minimum atomic E-state index is 0.744. The number of para-hydroxylation sites is 3. The molecule has 0 spiro atoms. The predicted molar refractivity (Wildman–Crippen MR) is 182 cm³/mol. The van der Waals surface area contributed by atoms with Gasteiger partial charge in [0.05, 0.1) is 27.8 Å². The zero-order valence-electron chi connectivity index (χ0n) is 24.1. The Morgan fingerprint density at radius 3 is 2.33 bits per heavy atom. The molecule has 4 aromatic carbocycles. The molecule has 3 aromatic heterocycles. The molecule has 0 amide bonds. The van der Waals surface area contributed by atoms with Crippen molar-refractivity contribution in [3.05, 3.63) is 158 Å². The zero-order valence-corrected chi connectivity index (χ0v) is 24.1. The highest BCUT2D eigenvalue weighted by Crippen LogP contribution is 2.42. The second-order valence-corrected chi connectivity index (χ2v) is 10.6. The van der Waals surface area contributed by atoms with E-state index in [1.807, 2.05) is 30.5 Å². The molecule has 7 aromatic rings. The lowest BCUT2D eigenvalue weighted by atomic mass is 10.0. The second-order valence-electron chi connectivity index (χ2n) is 10.6. The van der Waals surface area contributed by atoms with Crippen LogP contribution in [0.2, 0.25) is 0 Å². The molecular formula is C39H32N4. The summed E-state index contributed by atoms with van der Waals surface area (Å²) in [7, 11) is 2.17. The first kappa shape index (κ1) is 26.3. The topological polar surface area (TPSA) is 34.8 Å². The van der Waals surface area contributed by atoms with Crippen LogP contribution in [0, 0.1) is 0 Å². The summed E-state index contributed by atoms with van der Waals surface area (Å²) in [6, 6.07) is 38.3. The van der Waals surface area contributed by atoms with E-state index in [4.69, 9.17) is 0 Å². The maximum Gasteiger partial charge on any atom is 0.0800 e. The van der Waals surface area contributed by atoms with Gasteiger partial charge in [-0.3, -0.25) is 4.98 Å². The average molecular weight is 557 g/mol. The van der Waals surface area contributed by atoms with Crippen molar-refractivity contribution < 1.29 is 0 Å². The van der Waals surface area contributed by atoms with E-state index in [-0.39, 0.29) is 0 Å². The zero-order chi connectivity index (χ0) is 29.2. The standard InChI is InChI=1S/C39H32N4/c1-3-4-5-6-10-20-30-35(41-34-23-13-11-19-29(34)33-22-15-16-27-40-33)26-25-32-37(30)43(28-17-8-7-9-18-28)39-31-21-12-14-24-36(31)42(2)38(32)39/h3-19,21-27,41H,1,20H2,2H3/b5-4-,10-6-. The number of nitrogens with zero attached hydrogens (tertiary/aromatic N) is 3. The van der Waals surface area contributed by atoms with Crippen LogP contribution < -0.4 is 5.32 Å². The molecule has 0 aliphatic rings. The minimum absolute atomic E-state index is 0.744. The van der Waals surface area contributed by atoms with Crippen molar-refractivity contribution in [1.82, 2.24) is 14.1 Å². The number of hydrogen-bond acceptors (Lipinski definition) is 2. The highest BCUT2D eigenvalue weighted by molar-refractivity contribution is 6.20. The molecule has 4 nitrogen and oxygen atoms in total. The first-order valence-corrected chi connectivity index (χ1v) is 14.6. The Labute approximate surface area is 251 Å². The Bertz CT molecular complexity index is 2140. The van der Waals surface area contributed by atoms with E-state index in [9.17, 15) is 0 Å². The number of fused-ring (bicyclic) bond motifs is 5. The van der Waals surface area contributed by atoms with Crippen molar-refractivity contribution in [2.75, 3.05) is 5.32 Å². The van der Waals surface area contributed by atoms with Gasteiger partial charge >= 0.3 is 0 Å². The van der Waals surface area contributed by atoms with Crippen LogP contribution in [0.4, 0.5) is 11.4 Å². The molecule has 0 aliphatic carbocycles. The molecule has 0 fully saturated rings. The van der Waals surface area contributed by atoms with Crippen molar-refractivity contribution in [2.45, 2.75) is 6.42 Å². The van der Waals surface area contributed by atoms with Crippen LogP contribution in [0.15, 0.2) is 152 Å². The van der Waals surface area contributed by atoms with Gasteiger partial charge in [-0.05, 0) is 55.0 Å². The van der Waals surface area contributed by atoms with Gasteiger partial charge in [0.2, 0.25) is 0 Å². The van der Waals surface area contributed by atoms with Crippen LogP contribution in [0.5, 0.6) is 0 Å². The van der Waals surface area contributed by atoms with Crippen molar-refractivity contribution in [1.29, 1.82) is 0 Å². The highest BCUT2D eigenvalue weighted by atomic mass is 15.1. The van der Waals surface area contributed by atoms with Crippen molar-refractivity contribution in [3.63, 3.8) is 0 Å². The fraction of sp³-hybridized carbons (Fsp3) is 0.0513. The number of hydrogen-bond donors (Lipinski definition) is 1. The molecule has 1 N–H and O–H groups in total. The SMILES string of the molecule is C=C/C=C\C=C/Cc1c(Nc2ccccc2-c2ccccn2)ccc2c3c(c4ccccc4n3C)n(-c3ccccc3)c12. The molecule has 0 unspecified atom stereocenters. The number of allylic oxidation sites excluding steroid dienone is 5. The fourth-order valence-corrected chi connectivity index (χ4v) is 6.15. The van der Waals surface area contributed by atoms with Crippen molar-refractivity contribution >= 4 is 44.2 Å². The van der Waals surface area contributed by atoms with Gasteiger partial charge in [0.25, 0.3) is 0 Å². The van der Waals surface area contributed by atoms with E-state index in [1.54, 1.807) is 6.08 Å². The summed E-state index contributed by atoms with van der Waals surface area (Å²) in [5, 5.41) is 6.29. The molecule has 3 heterocycles. The van der Waals surface area contributed by atoms with Crippen LogP contribution in [0.25, 0.3) is 49.8 Å². The van der Waals surface area contributed by atoms with Crippen molar-refractivity contribution in [2.24, 2.45) is 7.05 Å². The van der Waals surface area contributed by atoms with E-state index in [1.165, 1.54) is 38.4 Å². The van der Waals surface area contributed by atoms with E-state index < -0.39 is 0 Å². The predicted octanol–water partition coefficient (Wildman–Crippen LogP) is 9.92. The summed E-state index contributed by atoms with van der Waals surface area (Å²) in [5.74, 6) is 0. The fourth-order valence-electron chi connectivity index (χ4n) is 6.15. The first-order chi connectivity index (χ1) is 21.3. The summed E-state index contributed by atoms with van der Waals surface area (Å²) in [5.41, 5.74) is 11.3. The van der Waals surface area contributed by atoms with Crippen LogP contribution in [-0.4, -0.2) is 14.1 Å². The Morgan fingerprint density at radius 1 is 0.698 bits per heavy atom. The van der Waals surface area contributed by atoms with E-state index in [2.05, 4.69) is 142 Å². The second kappa shape index (κ2) is 11.3. The molecule has 4 heteroatoms. The third-order valence-electron chi connectivity index (χ3n) is 8.03. The van der Waals surface area contributed by atoms with Gasteiger partial charge in [0.1, 0.15) is 0 Å². The Morgan fingerprint density at radius 2 is 1.49 bits per heavy atom. The van der Waals surface area contributed by atoms with Crippen LogP contribution in [0.3, 0.4) is 0 Å². The van der Waals surface area contributed by atoms with Crippen molar-refractivity contribution in [3.8, 4) is 16.9 Å². The normalized spacial score (nSPS) is 11.8. The van der Waals surface area contributed by atoms with Gasteiger partial charge in [-0.25, -0.2) is 0 Å². The third kappa shape index (κ3) is 4.63. The summed E-state index contributed by atoms with van der Waals surface area (Å²) in [6.45, 7) is 3.81. The maximum absolute atomic E-state index is 4.64. The maximum atomic E-state index is 4.64. The lowest BCUT2D eigenvalue weighted by Gasteiger charge is -2.18. The van der Waals surface area contributed by atoms with E-state index in [0.717, 1.165) is 34.7 Å². The largest absolute Gasteiger partial charge is 0.355 e. The summed E-state index contributed by atoms with van der Waals surface area (Å²) in [6.07, 6.45) is 12.7. The van der Waals surface area contributed by atoms with Gasteiger partial charge in [-0.15, -0.1) is 0 Å². The summed E-state index contributed by atoms with van der Waals surface area (Å²) < 4.78 is 4.79. The molecule has 0 atom stereocenters. The summed E-state index contributed by atoms with van der Waals surface area (Å²) >= 11 is 0. The van der Waals surface area contributed by atoms with Crippen LogP contribution in [0.1, 0.15) is 5.56 Å². The molecule has 0 saturated heterocycles. The molecular weight excluding hydrogens is 524 g/mol. The molecule has 43 heavy (non-hydrogen) atoms. The number of benzene rings is 4. The average Bonchev–Trinajstić information content (AvgIpc) is 3.55. The Kier molecular flexibility index (Phi) is 6.94. The van der Waals surface area contributed by atoms with Gasteiger partial charge in [-0.1, -0.05) is 97.6 Å². The summed E-state index contributed by atoms with van der Waals surface area (Å²) in [4.78, 5) is 4.64. The third-order valence-corrected chi connectivity index (χ3v) is 8.03. The Hall–Kier alpha value is -5.61. The van der Waals surface area contributed by atoms with Gasteiger partial charge in [0.15, 0.2) is 0 Å². The molecule has 0 saturated carbocycles. The lowest BCUT2D eigenvalue weighted by molar-refractivity contribution is 1.02. The number of aromatic nitrogens is 3. The number of nitrogens with one attached hydrogen (secondary N) is 1. The quantitative estimate of drug-likeness (QED) is 0.189. The Balaban J connectivity index is 1.52. The molecule has 0 radical (unpaired) electrons. The first-order valence-electron chi connectivity index (χ1n) is 14.6.